The van der Waals surface area contributed by atoms with Crippen molar-refractivity contribution in [3.8, 4) is 0 Å². The number of hydrogen-bond donors (Lipinski definition) is 1. The fourth-order valence-corrected chi connectivity index (χ4v) is 2.85. The summed E-state index contributed by atoms with van der Waals surface area (Å²) in [6.45, 7) is 6.64. The van der Waals surface area contributed by atoms with Gasteiger partial charge in [0.15, 0.2) is 0 Å². The lowest BCUT2D eigenvalue weighted by Gasteiger charge is -2.13. The molecule has 1 unspecified atom stereocenters. The highest BCUT2D eigenvalue weighted by atomic mass is 32.1. The highest BCUT2D eigenvalue weighted by Gasteiger charge is 2.28. The van der Waals surface area contributed by atoms with Gasteiger partial charge in [-0.3, -0.25) is 4.79 Å². The molecule has 1 aromatic rings. The lowest BCUT2D eigenvalue weighted by atomic mass is 10.1. The van der Waals surface area contributed by atoms with E-state index in [-0.39, 0.29) is 5.91 Å². The fourth-order valence-electron chi connectivity index (χ4n) is 2.06. The van der Waals surface area contributed by atoms with Crippen LogP contribution in [-0.4, -0.2) is 34.1 Å². The molecule has 18 heavy (non-hydrogen) atoms. The molecule has 1 aliphatic heterocycles. The third-order valence-corrected chi connectivity index (χ3v) is 4.06. The van der Waals surface area contributed by atoms with Crippen LogP contribution in [0.5, 0.6) is 0 Å². The second-order valence-electron chi connectivity index (χ2n) is 4.68. The molecule has 1 N–H and O–H groups in total. The van der Waals surface area contributed by atoms with Gasteiger partial charge in [-0.05, 0) is 12.3 Å². The Morgan fingerprint density at radius 3 is 2.94 bits per heavy atom. The SMILES string of the molecule is CCCNc1nnc(CN2CC(CC)CC2=O)s1. The predicted molar refractivity (Wildman–Crippen MR) is 72.5 cm³/mol. The molecule has 5 nitrogen and oxygen atoms in total. The van der Waals surface area contributed by atoms with E-state index >= 15 is 0 Å². The van der Waals surface area contributed by atoms with Gasteiger partial charge in [0.2, 0.25) is 11.0 Å². The topological polar surface area (TPSA) is 58.1 Å². The summed E-state index contributed by atoms with van der Waals surface area (Å²) in [4.78, 5) is 13.7. The van der Waals surface area contributed by atoms with E-state index in [0.29, 0.717) is 18.9 Å². The number of nitrogens with one attached hydrogen (secondary N) is 1. The fraction of sp³-hybridized carbons (Fsp3) is 0.750. The van der Waals surface area contributed by atoms with Crippen LogP contribution in [0.4, 0.5) is 5.13 Å². The number of rotatable bonds is 6. The maximum atomic E-state index is 11.8. The smallest absolute Gasteiger partial charge is 0.223 e. The number of hydrogen-bond acceptors (Lipinski definition) is 5. The molecule has 0 bridgehead atoms. The summed E-state index contributed by atoms with van der Waals surface area (Å²) >= 11 is 1.54. The first kappa shape index (κ1) is 13.3. The number of carbonyl (C=O) groups is 1. The summed E-state index contributed by atoms with van der Waals surface area (Å²) in [7, 11) is 0. The van der Waals surface area contributed by atoms with Crippen LogP contribution in [0, 0.1) is 5.92 Å². The molecule has 0 spiro atoms. The van der Waals surface area contributed by atoms with E-state index in [2.05, 4.69) is 29.4 Å². The van der Waals surface area contributed by atoms with Gasteiger partial charge >= 0.3 is 0 Å². The van der Waals surface area contributed by atoms with Crippen molar-refractivity contribution in [1.29, 1.82) is 0 Å². The number of anilines is 1. The Morgan fingerprint density at radius 2 is 2.28 bits per heavy atom. The van der Waals surface area contributed by atoms with E-state index in [4.69, 9.17) is 0 Å². The molecule has 0 aliphatic carbocycles. The number of carbonyl (C=O) groups excluding carboxylic acids is 1. The third kappa shape index (κ3) is 3.19. The summed E-state index contributed by atoms with van der Waals surface area (Å²) in [5.41, 5.74) is 0. The third-order valence-electron chi connectivity index (χ3n) is 3.19. The summed E-state index contributed by atoms with van der Waals surface area (Å²) < 4.78 is 0. The van der Waals surface area contributed by atoms with Crippen molar-refractivity contribution in [2.45, 2.75) is 39.7 Å². The van der Waals surface area contributed by atoms with Crippen LogP contribution in [0.1, 0.15) is 38.1 Å². The predicted octanol–water partition coefficient (Wildman–Crippen LogP) is 2.12. The molecule has 1 amide bonds. The molecule has 1 fully saturated rings. The molecule has 100 valence electrons. The zero-order valence-corrected chi connectivity index (χ0v) is 11.8. The first-order valence-corrected chi connectivity index (χ1v) is 7.38. The van der Waals surface area contributed by atoms with E-state index in [1.807, 2.05) is 4.90 Å². The van der Waals surface area contributed by atoms with Gasteiger partial charge in [-0.2, -0.15) is 0 Å². The highest BCUT2D eigenvalue weighted by Crippen LogP contribution is 2.24. The van der Waals surface area contributed by atoms with Gasteiger partial charge in [-0.1, -0.05) is 31.6 Å². The minimum Gasteiger partial charge on any atom is -0.360 e. The van der Waals surface area contributed by atoms with Gasteiger partial charge in [-0.25, -0.2) is 0 Å². The van der Waals surface area contributed by atoms with Crippen molar-refractivity contribution in [1.82, 2.24) is 15.1 Å². The minimum atomic E-state index is 0.250. The summed E-state index contributed by atoms with van der Waals surface area (Å²) in [5, 5.41) is 13.2. The molecule has 2 rings (SSSR count). The van der Waals surface area contributed by atoms with Gasteiger partial charge in [0.25, 0.3) is 0 Å². The largest absolute Gasteiger partial charge is 0.360 e. The van der Waals surface area contributed by atoms with Crippen molar-refractivity contribution in [2.75, 3.05) is 18.4 Å². The Kier molecular flexibility index (Phi) is 4.52. The molecule has 6 heteroatoms. The summed E-state index contributed by atoms with van der Waals surface area (Å²) in [6.07, 6.45) is 2.83. The van der Waals surface area contributed by atoms with Crippen LogP contribution in [0.3, 0.4) is 0 Å². The average molecular weight is 268 g/mol. The molecular formula is C12H20N4OS. The standard InChI is InChI=1S/C12H20N4OS/c1-3-5-13-12-15-14-10(18-12)8-16-7-9(4-2)6-11(16)17/h9H,3-8H2,1-2H3,(H,13,15). The summed E-state index contributed by atoms with van der Waals surface area (Å²) in [5.74, 6) is 0.767. The second kappa shape index (κ2) is 6.13. The number of aromatic nitrogens is 2. The normalized spacial score (nSPS) is 19.6. The van der Waals surface area contributed by atoms with Crippen molar-refractivity contribution >= 4 is 22.4 Å². The van der Waals surface area contributed by atoms with Gasteiger partial charge in [0, 0.05) is 19.5 Å². The Hall–Kier alpha value is -1.17. The van der Waals surface area contributed by atoms with Crippen LogP contribution in [0.15, 0.2) is 0 Å². The Morgan fingerprint density at radius 1 is 1.44 bits per heavy atom. The number of nitrogens with zero attached hydrogens (tertiary/aromatic N) is 3. The molecule has 0 saturated carbocycles. The molecule has 2 heterocycles. The lowest BCUT2D eigenvalue weighted by Crippen LogP contribution is -2.24. The Bertz CT molecular complexity index is 407. The molecule has 0 aromatic carbocycles. The molecule has 1 saturated heterocycles. The molecule has 1 aromatic heterocycles. The monoisotopic (exact) mass is 268 g/mol. The minimum absolute atomic E-state index is 0.250. The van der Waals surface area contributed by atoms with Crippen LogP contribution in [0.2, 0.25) is 0 Å². The maximum Gasteiger partial charge on any atom is 0.223 e. The van der Waals surface area contributed by atoms with Gasteiger partial charge in [-0.15, -0.1) is 10.2 Å². The van der Waals surface area contributed by atoms with E-state index in [0.717, 1.165) is 36.1 Å². The van der Waals surface area contributed by atoms with Gasteiger partial charge < -0.3 is 10.2 Å². The quantitative estimate of drug-likeness (QED) is 0.858. The van der Waals surface area contributed by atoms with Gasteiger partial charge in [0.1, 0.15) is 5.01 Å². The maximum absolute atomic E-state index is 11.8. The van der Waals surface area contributed by atoms with Crippen molar-refractivity contribution < 1.29 is 4.79 Å². The molecule has 1 aliphatic rings. The first-order valence-electron chi connectivity index (χ1n) is 6.57. The van der Waals surface area contributed by atoms with E-state index in [1.165, 1.54) is 0 Å². The van der Waals surface area contributed by atoms with Crippen LogP contribution >= 0.6 is 11.3 Å². The Labute approximate surface area is 112 Å². The molecular weight excluding hydrogens is 248 g/mol. The molecule has 1 atom stereocenters. The lowest BCUT2D eigenvalue weighted by molar-refractivity contribution is -0.128. The zero-order valence-electron chi connectivity index (χ0n) is 11.0. The van der Waals surface area contributed by atoms with E-state index in [1.54, 1.807) is 11.3 Å². The van der Waals surface area contributed by atoms with Crippen LogP contribution < -0.4 is 5.32 Å². The second-order valence-corrected chi connectivity index (χ2v) is 5.74. The van der Waals surface area contributed by atoms with Crippen molar-refractivity contribution in [2.24, 2.45) is 5.92 Å². The average Bonchev–Trinajstić information content (AvgIpc) is 2.95. The van der Waals surface area contributed by atoms with Crippen LogP contribution in [0.25, 0.3) is 0 Å². The molecule has 0 radical (unpaired) electrons. The first-order chi connectivity index (χ1) is 8.72. The summed E-state index contributed by atoms with van der Waals surface area (Å²) in [6, 6.07) is 0. The van der Waals surface area contributed by atoms with Gasteiger partial charge in [0.05, 0.1) is 6.54 Å². The number of amides is 1. The van der Waals surface area contributed by atoms with Crippen molar-refractivity contribution in [3.63, 3.8) is 0 Å². The van der Waals surface area contributed by atoms with Crippen molar-refractivity contribution in [3.05, 3.63) is 5.01 Å². The number of likely N-dealkylation sites (tertiary alicyclic amines) is 1. The zero-order chi connectivity index (χ0) is 13.0. The van der Waals surface area contributed by atoms with Crippen LogP contribution in [-0.2, 0) is 11.3 Å². The van der Waals surface area contributed by atoms with E-state index < -0.39 is 0 Å². The Balaban J connectivity index is 1.89. The highest BCUT2D eigenvalue weighted by molar-refractivity contribution is 7.15. The van der Waals surface area contributed by atoms with E-state index in [9.17, 15) is 4.79 Å².